The smallest absolute Gasteiger partial charge is 0.248 e. The molecule has 0 spiro atoms. The molecule has 2 fully saturated rings. The summed E-state index contributed by atoms with van der Waals surface area (Å²) in [6.45, 7) is 6.61. The SMILES string of the molecule is CC(C(=O)NC1CCOCC1)=C(C)N(C)CC1CCCCC1. The van der Waals surface area contributed by atoms with Gasteiger partial charge < -0.3 is 15.0 Å². The number of carbonyl (C=O) groups is 1. The van der Waals surface area contributed by atoms with Crippen molar-refractivity contribution in [2.75, 3.05) is 26.8 Å². The molecule has 1 aliphatic heterocycles. The summed E-state index contributed by atoms with van der Waals surface area (Å²) in [5, 5.41) is 3.15. The van der Waals surface area contributed by atoms with Gasteiger partial charge in [0.15, 0.2) is 0 Å². The van der Waals surface area contributed by atoms with Crippen LogP contribution in [0.4, 0.5) is 0 Å². The molecule has 0 radical (unpaired) electrons. The molecule has 1 amide bonds. The molecule has 1 aliphatic carbocycles. The topological polar surface area (TPSA) is 41.6 Å². The number of rotatable bonds is 5. The van der Waals surface area contributed by atoms with Crippen molar-refractivity contribution in [1.82, 2.24) is 10.2 Å². The summed E-state index contributed by atoms with van der Waals surface area (Å²) in [4.78, 5) is 14.7. The first-order valence-corrected chi connectivity index (χ1v) is 8.85. The van der Waals surface area contributed by atoms with Crippen LogP contribution < -0.4 is 5.32 Å². The largest absolute Gasteiger partial charge is 0.381 e. The van der Waals surface area contributed by atoms with Crippen molar-refractivity contribution < 1.29 is 9.53 Å². The Morgan fingerprint density at radius 2 is 1.73 bits per heavy atom. The lowest BCUT2D eigenvalue weighted by atomic mass is 9.89. The second-order valence-electron chi connectivity index (χ2n) is 6.96. The van der Waals surface area contributed by atoms with Gasteiger partial charge in [-0.25, -0.2) is 0 Å². The van der Waals surface area contributed by atoms with E-state index in [2.05, 4.69) is 24.2 Å². The lowest BCUT2D eigenvalue weighted by Gasteiger charge is -2.30. The van der Waals surface area contributed by atoms with Gasteiger partial charge in [0.05, 0.1) is 0 Å². The molecule has 2 rings (SSSR count). The fraction of sp³-hybridized carbons (Fsp3) is 0.833. The fourth-order valence-electron chi connectivity index (χ4n) is 3.48. The minimum Gasteiger partial charge on any atom is -0.381 e. The van der Waals surface area contributed by atoms with Crippen molar-refractivity contribution in [2.24, 2.45) is 5.92 Å². The van der Waals surface area contributed by atoms with E-state index in [9.17, 15) is 4.79 Å². The third-order valence-corrected chi connectivity index (χ3v) is 5.27. The third-order valence-electron chi connectivity index (χ3n) is 5.27. The molecule has 0 aromatic rings. The summed E-state index contributed by atoms with van der Waals surface area (Å²) < 4.78 is 5.34. The lowest BCUT2D eigenvalue weighted by molar-refractivity contribution is -0.118. The van der Waals surface area contributed by atoms with Crippen LogP contribution in [-0.4, -0.2) is 43.7 Å². The maximum absolute atomic E-state index is 12.4. The predicted molar refractivity (Wildman–Crippen MR) is 89.6 cm³/mol. The predicted octanol–water partition coefficient (Wildman–Crippen LogP) is 3.09. The zero-order valence-electron chi connectivity index (χ0n) is 14.5. The molecule has 1 saturated heterocycles. The van der Waals surface area contributed by atoms with Crippen molar-refractivity contribution >= 4 is 5.91 Å². The molecule has 0 unspecified atom stereocenters. The number of ether oxygens (including phenoxy) is 1. The van der Waals surface area contributed by atoms with Crippen LogP contribution in [0, 0.1) is 5.92 Å². The van der Waals surface area contributed by atoms with Gasteiger partial charge >= 0.3 is 0 Å². The van der Waals surface area contributed by atoms with Crippen LogP contribution >= 0.6 is 0 Å². The van der Waals surface area contributed by atoms with Crippen molar-refractivity contribution in [1.29, 1.82) is 0 Å². The summed E-state index contributed by atoms with van der Waals surface area (Å²) in [7, 11) is 2.12. The average Bonchev–Trinajstić information content (AvgIpc) is 2.55. The molecule has 0 bridgehead atoms. The van der Waals surface area contributed by atoms with Crippen LogP contribution in [0.3, 0.4) is 0 Å². The van der Waals surface area contributed by atoms with Gasteiger partial charge in [-0.15, -0.1) is 0 Å². The molecule has 2 aliphatic rings. The van der Waals surface area contributed by atoms with Gasteiger partial charge in [0, 0.05) is 44.1 Å². The van der Waals surface area contributed by atoms with E-state index in [1.54, 1.807) is 0 Å². The Morgan fingerprint density at radius 1 is 1.09 bits per heavy atom. The van der Waals surface area contributed by atoms with E-state index in [0.29, 0.717) is 0 Å². The highest BCUT2D eigenvalue weighted by Crippen LogP contribution is 2.25. The Hall–Kier alpha value is -1.03. The summed E-state index contributed by atoms with van der Waals surface area (Å²) in [5.41, 5.74) is 1.96. The van der Waals surface area contributed by atoms with Gasteiger partial charge in [-0.1, -0.05) is 19.3 Å². The van der Waals surface area contributed by atoms with E-state index in [1.807, 2.05) is 6.92 Å². The number of carbonyl (C=O) groups excluding carboxylic acids is 1. The van der Waals surface area contributed by atoms with Gasteiger partial charge in [0.1, 0.15) is 0 Å². The first-order chi connectivity index (χ1) is 10.6. The maximum atomic E-state index is 12.4. The molecule has 0 aromatic carbocycles. The molecule has 1 saturated carbocycles. The summed E-state index contributed by atoms with van der Waals surface area (Å²) in [6, 6.07) is 0.271. The number of amides is 1. The fourth-order valence-corrected chi connectivity index (χ4v) is 3.48. The summed E-state index contributed by atoms with van der Waals surface area (Å²) in [6.07, 6.45) is 8.65. The zero-order chi connectivity index (χ0) is 15.9. The molecule has 22 heavy (non-hydrogen) atoms. The molecule has 1 N–H and O–H groups in total. The quantitative estimate of drug-likeness (QED) is 0.794. The molecule has 1 heterocycles. The lowest BCUT2D eigenvalue weighted by Crippen LogP contribution is -2.40. The van der Waals surface area contributed by atoms with Gasteiger partial charge in [0.25, 0.3) is 0 Å². The number of allylic oxidation sites excluding steroid dienone is 1. The van der Waals surface area contributed by atoms with Crippen LogP contribution in [0.1, 0.15) is 58.8 Å². The van der Waals surface area contributed by atoms with Crippen LogP contribution in [-0.2, 0) is 9.53 Å². The summed E-state index contributed by atoms with van der Waals surface area (Å²) >= 11 is 0. The second-order valence-corrected chi connectivity index (χ2v) is 6.96. The number of hydrogen-bond acceptors (Lipinski definition) is 3. The van der Waals surface area contributed by atoms with Gasteiger partial charge in [-0.2, -0.15) is 0 Å². The molecule has 4 heteroatoms. The molecule has 4 nitrogen and oxygen atoms in total. The Labute approximate surface area is 135 Å². The third kappa shape index (κ3) is 5.01. The van der Waals surface area contributed by atoms with Gasteiger partial charge in [0.2, 0.25) is 5.91 Å². The van der Waals surface area contributed by atoms with Gasteiger partial charge in [-0.3, -0.25) is 4.79 Å². The second kappa shape index (κ2) is 8.56. The van der Waals surface area contributed by atoms with Crippen LogP contribution in [0.15, 0.2) is 11.3 Å². The average molecular weight is 308 g/mol. The van der Waals surface area contributed by atoms with Crippen molar-refractivity contribution in [3.8, 4) is 0 Å². The standard InChI is InChI=1S/C18H32N2O2/c1-14(18(21)19-17-9-11-22-12-10-17)15(2)20(3)13-16-7-5-4-6-8-16/h16-17H,4-13H2,1-3H3,(H,19,21). The number of nitrogens with one attached hydrogen (secondary N) is 1. The van der Waals surface area contributed by atoms with Crippen molar-refractivity contribution in [2.45, 2.75) is 64.8 Å². The number of hydrogen-bond donors (Lipinski definition) is 1. The van der Waals surface area contributed by atoms with E-state index in [1.165, 1.54) is 32.1 Å². The number of nitrogens with zero attached hydrogens (tertiary/aromatic N) is 1. The Kier molecular flexibility index (Phi) is 6.74. The first-order valence-electron chi connectivity index (χ1n) is 8.85. The van der Waals surface area contributed by atoms with E-state index < -0.39 is 0 Å². The van der Waals surface area contributed by atoms with E-state index in [4.69, 9.17) is 4.74 Å². The highest BCUT2D eigenvalue weighted by molar-refractivity contribution is 5.93. The molecule has 0 atom stereocenters. The Balaban J connectivity index is 1.86. The Morgan fingerprint density at radius 3 is 2.36 bits per heavy atom. The monoisotopic (exact) mass is 308 g/mol. The van der Waals surface area contributed by atoms with Crippen molar-refractivity contribution in [3.05, 3.63) is 11.3 Å². The van der Waals surface area contributed by atoms with E-state index in [0.717, 1.165) is 49.8 Å². The van der Waals surface area contributed by atoms with Crippen molar-refractivity contribution in [3.63, 3.8) is 0 Å². The molecular weight excluding hydrogens is 276 g/mol. The Bertz CT molecular complexity index is 394. The normalized spacial score (nSPS) is 22.1. The van der Waals surface area contributed by atoms with Crippen LogP contribution in [0.2, 0.25) is 0 Å². The van der Waals surface area contributed by atoms with Gasteiger partial charge in [-0.05, 0) is 45.4 Å². The molecule has 0 aromatic heterocycles. The van der Waals surface area contributed by atoms with Crippen LogP contribution in [0.25, 0.3) is 0 Å². The first kappa shape index (κ1) is 17.3. The highest BCUT2D eigenvalue weighted by atomic mass is 16.5. The summed E-state index contributed by atoms with van der Waals surface area (Å²) in [5.74, 6) is 0.875. The van der Waals surface area contributed by atoms with E-state index in [-0.39, 0.29) is 11.9 Å². The molecular formula is C18H32N2O2. The minimum absolute atomic E-state index is 0.0832. The van der Waals surface area contributed by atoms with Crippen LogP contribution in [0.5, 0.6) is 0 Å². The highest BCUT2D eigenvalue weighted by Gasteiger charge is 2.20. The molecule has 126 valence electrons. The maximum Gasteiger partial charge on any atom is 0.248 e. The zero-order valence-corrected chi connectivity index (χ0v) is 14.5. The van der Waals surface area contributed by atoms with E-state index >= 15 is 0 Å². The minimum atomic E-state index is 0.0832.